The van der Waals surface area contributed by atoms with Crippen LogP contribution in [0.1, 0.15) is 51.4 Å². The van der Waals surface area contributed by atoms with E-state index >= 15 is 0 Å². The standard InChI is InChI=1S/C14H25NO3/c16-13-5-3-1-2-4-12(13)15-9-8-11(10-15)6-7-14(17)18/h11-13,16H,1-10H2,(H,17,18). The van der Waals surface area contributed by atoms with Crippen LogP contribution < -0.4 is 0 Å². The van der Waals surface area contributed by atoms with Crippen LogP contribution in [0.2, 0.25) is 0 Å². The van der Waals surface area contributed by atoms with E-state index in [9.17, 15) is 9.90 Å². The molecule has 0 amide bonds. The summed E-state index contributed by atoms with van der Waals surface area (Å²) in [5.74, 6) is -0.181. The Kier molecular flexibility index (Phi) is 5.01. The highest BCUT2D eigenvalue weighted by Gasteiger charge is 2.32. The van der Waals surface area contributed by atoms with Crippen LogP contribution in [0.4, 0.5) is 0 Å². The van der Waals surface area contributed by atoms with E-state index in [2.05, 4.69) is 4.90 Å². The van der Waals surface area contributed by atoms with E-state index in [1.165, 1.54) is 12.8 Å². The fraction of sp³-hybridized carbons (Fsp3) is 0.929. The molecule has 2 rings (SSSR count). The van der Waals surface area contributed by atoms with Gasteiger partial charge in [-0.2, -0.15) is 0 Å². The summed E-state index contributed by atoms with van der Waals surface area (Å²) in [7, 11) is 0. The minimum atomic E-state index is -0.692. The Balaban J connectivity index is 1.81. The van der Waals surface area contributed by atoms with Crippen molar-refractivity contribution in [2.45, 2.75) is 63.5 Å². The van der Waals surface area contributed by atoms with Gasteiger partial charge in [0.25, 0.3) is 0 Å². The molecule has 18 heavy (non-hydrogen) atoms. The predicted molar refractivity (Wildman–Crippen MR) is 69.4 cm³/mol. The Morgan fingerprint density at radius 2 is 1.94 bits per heavy atom. The molecule has 1 aliphatic carbocycles. The molecule has 1 aliphatic heterocycles. The number of rotatable bonds is 4. The van der Waals surface area contributed by atoms with Crippen molar-refractivity contribution < 1.29 is 15.0 Å². The summed E-state index contributed by atoms with van der Waals surface area (Å²) in [5, 5.41) is 18.9. The summed E-state index contributed by atoms with van der Waals surface area (Å²) >= 11 is 0. The molecule has 0 spiro atoms. The van der Waals surface area contributed by atoms with Crippen molar-refractivity contribution in [3.63, 3.8) is 0 Å². The lowest BCUT2D eigenvalue weighted by molar-refractivity contribution is -0.137. The molecule has 0 radical (unpaired) electrons. The Bertz CT molecular complexity index is 282. The summed E-state index contributed by atoms with van der Waals surface area (Å²) < 4.78 is 0. The molecule has 4 heteroatoms. The van der Waals surface area contributed by atoms with Crippen LogP contribution in [0.25, 0.3) is 0 Å². The number of carbonyl (C=O) groups is 1. The van der Waals surface area contributed by atoms with Gasteiger partial charge in [0.2, 0.25) is 0 Å². The van der Waals surface area contributed by atoms with Gasteiger partial charge in [-0.25, -0.2) is 0 Å². The highest BCUT2D eigenvalue weighted by molar-refractivity contribution is 5.66. The topological polar surface area (TPSA) is 60.8 Å². The molecule has 1 saturated heterocycles. The lowest BCUT2D eigenvalue weighted by Crippen LogP contribution is -2.41. The van der Waals surface area contributed by atoms with Crippen LogP contribution in [0.5, 0.6) is 0 Å². The van der Waals surface area contributed by atoms with Crippen molar-refractivity contribution in [3.05, 3.63) is 0 Å². The van der Waals surface area contributed by atoms with Gasteiger partial charge < -0.3 is 10.2 Å². The third-order valence-corrected chi connectivity index (χ3v) is 4.50. The monoisotopic (exact) mass is 255 g/mol. The first-order valence-corrected chi connectivity index (χ1v) is 7.30. The molecular weight excluding hydrogens is 230 g/mol. The SMILES string of the molecule is O=C(O)CCC1CCN(C2CCCCCC2O)C1. The molecule has 1 saturated carbocycles. The van der Waals surface area contributed by atoms with Gasteiger partial charge in [0, 0.05) is 19.0 Å². The van der Waals surface area contributed by atoms with Crippen LogP contribution in [0.3, 0.4) is 0 Å². The van der Waals surface area contributed by atoms with E-state index in [-0.39, 0.29) is 12.5 Å². The van der Waals surface area contributed by atoms with E-state index in [0.29, 0.717) is 12.0 Å². The summed E-state index contributed by atoms with van der Waals surface area (Å²) in [6.45, 7) is 2.01. The molecular formula is C14H25NO3. The number of nitrogens with zero attached hydrogens (tertiary/aromatic N) is 1. The molecule has 2 aliphatic rings. The number of carboxylic acids is 1. The minimum Gasteiger partial charge on any atom is -0.481 e. The molecule has 2 N–H and O–H groups in total. The van der Waals surface area contributed by atoms with Crippen LogP contribution in [-0.2, 0) is 4.79 Å². The number of aliphatic hydroxyl groups is 1. The van der Waals surface area contributed by atoms with Crippen LogP contribution in [-0.4, -0.2) is 46.3 Å². The highest BCUT2D eigenvalue weighted by Crippen LogP contribution is 2.29. The summed E-state index contributed by atoms with van der Waals surface area (Å²) in [6, 6.07) is 0.322. The second-order valence-electron chi connectivity index (χ2n) is 5.85. The number of aliphatic carboxylic acids is 1. The molecule has 0 aromatic heterocycles. The Labute approximate surface area is 109 Å². The molecule has 0 bridgehead atoms. The van der Waals surface area contributed by atoms with E-state index in [1.54, 1.807) is 0 Å². The number of hydrogen-bond acceptors (Lipinski definition) is 3. The Morgan fingerprint density at radius 3 is 2.72 bits per heavy atom. The zero-order chi connectivity index (χ0) is 13.0. The molecule has 4 nitrogen and oxygen atoms in total. The largest absolute Gasteiger partial charge is 0.481 e. The molecule has 0 aromatic rings. The fourth-order valence-electron chi connectivity index (χ4n) is 3.42. The molecule has 0 aromatic carbocycles. The van der Waals surface area contributed by atoms with E-state index in [0.717, 1.165) is 45.2 Å². The first-order chi connectivity index (χ1) is 8.66. The lowest BCUT2D eigenvalue weighted by atomic mass is 10.0. The van der Waals surface area contributed by atoms with Gasteiger partial charge in [0.1, 0.15) is 0 Å². The van der Waals surface area contributed by atoms with Gasteiger partial charge >= 0.3 is 5.97 Å². The van der Waals surface area contributed by atoms with Crippen molar-refractivity contribution in [3.8, 4) is 0 Å². The van der Waals surface area contributed by atoms with Gasteiger partial charge in [0.05, 0.1) is 6.10 Å². The van der Waals surface area contributed by atoms with Gasteiger partial charge in [-0.3, -0.25) is 9.69 Å². The number of hydrogen-bond donors (Lipinski definition) is 2. The van der Waals surface area contributed by atoms with Crippen molar-refractivity contribution in [1.29, 1.82) is 0 Å². The number of carboxylic acid groups (broad SMARTS) is 1. The quantitative estimate of drug-likeness (QED) is 0.753. The molecule has 3 atom stereocenters. The lowest BCUT2D eigenvalue weighted by Gasteiger charge is -2.30. The van der Waals surface area contributed by atoms with Crippen molar-refractivity contribution >= 4 is 5.97 Å². The Morgan fingerprint density at radius 1 is 1.17 bits per heavy atom. The third-order valence-electron chi connectivity index (χ3n) is 4.50. The first-order valence-electron chi connectivity index (χ1n) is 7.30. The summed E-state index contributed by atoms with van der Waals surface area (Å²) in [6.07, 6.45) is 7.63. The second-order valence-corrected chi connectivity index (χ2v) is 5.85. The minimum absolute atomic E-state index is 0.175. The first kappa shape index (κ1) is 13.8. The van der Waals surface area contributed by atoms with Crippen molar-refractivity contribution in [2.75, 3.05) is 13.1 Å². The summed E-state index contributed by atoms with van der Waals surface area (Å²) in [5.41, 5.74) is 0. The van der Waals surface area contributed by atoms with Crippen LogP contribution in [0, 0.1) is 5.92 Å². The highest BCUT2D eigenvalue weighted by atomic mass is 16.4. The van der Waals surface area contributed by atoms with E-state index in [1.807, 2.05) is 0 Å². The molecule has 3 unspecified atom stereocenters. The van der Waals surface area contributed by atoms with E-state index < -0.39 is 5.97 Å². The average molecular weight is 255 g/mol. The second kappa shape index (κ2) is 6.53. The van der Waals surface area contributed by atoms with Gasteiger partial charge in [-0.1, -0.05) is 19.3 Å². The molecule has 1 heterocycles. The van der Waals surface area contributed by atoms with Gasteiger partial charge in [-0.15, -0.1) is 0 Å². The van der Waals surface area contributed by atoms with Crippen molar-refractivity contribution in [1.82, 2.24) is 4.90 Å². The zero-order valence-corrected chi connectivity index (χ0v) is 11.1. The van der Waals surface area contributed by atoms with Crippen LogP contribution >= 0.6 is 0 Å². The average Bonchev–Trinajstić information content (AvgIpc) is 2.69. The maximum absolute atomic E-state index is 10.6. The molecule has 104 valence electrons. The fourth-order valence-corrected chi connectivity index (χ4v) is 3.42. The van der Waals surface area contributed by atoms with E-state index in [4.69, 9.17) is 5.11 Å². The third kappa shape index (κ3) is 3.69. The van der Waals surface area contributed by atoms with Gasteiger partial charge in [-0.05, 0) is 38.1 Å². The smallest absolute Gasteiger partial charge is 0.303 e. The number of likely N-dealkylation sites (tertiary alicyclic amines) is 1. The van der Waals surface area contributed by atoms with Crippen LogP contribution in [0.15, 0.2) is 0 Å². The maximum Gasteiger partial charge on any atom is 0.303 e. The van der Waals surface area contributed by atoms with Gasteiger partial charge in [0.15, 0.2) is 0 Å². The zero-order valence-electron chi connectivity index (χ0n) is 11.1. The molecule has 2 fully saturated rings. The summed E-state index contributed by atoms with van der Waals surface area (Å²) in [4.78, 5) is 13.0. The Hall–Kier alpha value is -0.610. The van der Waals surface area contributed by atoms with Crippen molar-refractivity contribution in [2.24, 2.45) is 5.92 Å². The maximum atomic E-state index is 10.6. The predicted octanol–water partition coefficient (Wildman–Crippen LogP) is 1.87. The normalized spacial score (nSPS) is 34.4. The number of aliphatic hydroxyl groups excluding tert-OH is 1.